The van der Waals surface area contributed by atoms with Crippen LogP contribution >= 0.6 is 12.0 Å². The summed E-state index contributed by atoms with van der Waals surface area (Å²) in [7, 11) is 1.68. The van der Waals surface area contributed by atoms with Crippen molar-refractivity contribution >= 4 is 23.3 Å². The number of aryl methyl sites for hydroxylation is 1. The summed E-state index contributed by atoms with van der Waals surface area (Å²) in [6.07, 6.45) is 4.65. The molecule has 1 aliphatic carbocycles. The lowest BCUT2D eigenvalue weighted by Gasteiger charge is -2.33. The van der Waals surface area contributed by atoms with E-state index in [1.54, 1.807) is 13.2 Å². The number of hydrogen-bond acceptors (Lipinski definition) is 5. The van der Waals surface area contributed by atoms with Gasteiger partial charge in [0.2, 0.25) is 0 Å². The van der Waals surface area contributed by atoms with Gasteiger partial charge in [0.25, 0.3) is 0 Å². The first kappa shape index (κ1) is 29.4. The van der Waals surface area contributed by atoms with Gasteiger partial charge in [-0.05, 0) is 81.5 Å². The van der Waals surface area contributed by atoms with Crippen molar-refractivity contribution < 1.29 is 30.4 Å². The molecule has 0 amide bonds. The minimum Gasteiger partial charge on any atom is -0.496 e. The van der Waals surface area contributed by atoms with Crippen LogP contribution in [0.1, 0.15) is 51.7 Å². The maximum absolute atomic E-state index is 14.0. The lowest BCUT2D eigenvalue weighted by molar-refractivity contribution is 0.302. The Morgan fingerprint density at radius 1 is 1.00 bits per heavy atom. The number of rotatable bonds is 8. The summed E-state index contributed by atoms with van der Waals surface area (Å²) in [5, 5.41) is 4.22. The van der Waals surface area contributed by atoms with Gasteiger partial charge in [0, 0.05) is 41.2 Å². The topological polar surface area (TPSA) is 103 Å². The van der Waals surface area contributed by atoms with E-state index in [0.29, 0.717) is 11.0 Å². The molecule has 1 fully saturated rings. The SMILES string of the molecule is COc1cc(OSC2CC2)ccc1-c1ccc2c(c1COc1cc(F)ccc1C)C(C)=CC(C)(C)N2.O.O.[HH]. The summed E-state index contributed by atoms with van der Waals surface area (Å²) in [4.78, 5) is 0. The second-order valence-corrected chi connectivity index (χ2v) is 11.2. The average molecular weight is 544 g/mol. The van der Waals surface area contributed by atoms with Crippen molar-refractivity contribution in [2.45, 2.75) is 57.9 Å². The molecule has 0 unspecified atom stereocenters. The standard InChI is InChI=1S/C30H32FNO3S.2H2O.H2/c1-18-6-7-20(31)14-27(18)34-17-25-23(12-13-26-29(25)19(2)16-30(3,4)32-26)24-11-8-21(15-28(24)33-5)35-36-22-9-10-22;;;/h6-8,11-16,22,32H,9-10,17H2,1-5H3;2*1H2;1H. The first-order valence-electron chi connectivity index (χ1n) is 12.3. The van der Waals surface area contributed by atoms with Crippen molar-refractivity contribution in [3.63, 3.8) is 0 Å². The van der Waals surface area contributed by atoms with Crippen LogP contribution in [0.3, 0.4) is 0 Å². The number of methoxy groups -OCH3 is 1. The number of anilines is 1. The molecule has 2 aliphatic rings. The van der Waals surface area contributed by atoms with E-state index >= 15 is 0 Å². The number of fused-ring (bicyclic) bond motifs is 1. The zero-order valence-electron chi connectivity index (χ0n) is 22.4. The van der Waals surface area contributed by atoms with Gasteiger partial charge in [0.15, 0.2) is 0 Å². The molecular formula is C30H38FNO5S. The molecule has 6 nitrogen and oxygen atoms in total. The molecule has 0 atom stereocenters. The first-order valence-corrected chi connectivity index (χ1v) is 13.1. The van der Waals surface area contributed by atoms with E-state index in [1.807, 2.05) is 25.1 Å². The maximum Gasteiger partial charge on any atom is 0.141 e. The first-order chi connectivity index (χ1) is 17.2. The Morgan fingerprint density at radius 3 is 2.45 bits per heavy atom. The predicted octanol–water partition coefficient (Wildman–Crippen LogP) is 6.78. The fraction of sp³-hybridized carbons (Fsp3) is 0.333. The molecule has 0 aromatic heterocycles. The fourth-order valence-corrected chi connectivity index (χ4v) is 5.39. The molecule has 0 saturated heterocycles. The minimum atomic E-state index is -0.313. The zero-order chi connectivity index (χ0) is 25.4. The van der Waals surface area contributed by atoms with Gasteiger partial charge in [-0.3, -0.25) is 0 Å². The van der Waals surface area contributed by atoms with E-state index in [1.165, 1.54) is 42.6 Å². The van der Waals surface area contributed by atoms with Crippen molar-refractivity contribution in [1.82, 2.24) is 0 Å². The van der Waals surface area contributed by atoms with E-state index in [0.717, 1.165) is 45.0 Å². The molecule has 3 aromatic rings. The minimum absolute atomic E-state index is 0. The fourth-order valence-electron chi connectivity index (χ4n) is 4.71. The summed E-state index contributed by atoms with van der Waals surface area (Å²) in [6.45, 7) is 8.65. The van der Waals surface area contributed by atoms with Crippen molar-refractivity contribution in [3.8, 4) is 28.4 Å². The van der Waals surface area contributed by atoms with Crippen LogP contribution in [0.25, 0.3) is 16.7 Å². The van der Waals surface area contributed by atoms with Gasteiger partial charge in [0.05, 0.1) is 24.7 Å². The van der Waals surface area contributed by atoms with Gasteiger partial charge >= 0.3 is 0 Å². The Hall–Kier alpha value is -3.20. The zero-order valence-corrected chi connectivity index (χ0v) is 23.2. The number of allylic oxidation sites excluding steroid dienone is 1. The molecule has 1 saturated carbocycles. The quantitative estimate of drug-likeness (QED) is 0.315. The van der Waals surface area contributed by atoms with Crippen molar-refractivity contribution in [3.05, 3.63) is 77.1 Å². The highest BCUT2D eigenvalue weighted by Gasteiger charge is 2.27. The van der Waals surface area contributed by atoms with Crippen LogP contribution in [-0.4, -0.2) is 28.9 Å². The largest absolute Gasteiger partial charge is 0.496 e. The molecule has 1 heterocycles. The van der Waals surface area contributed by atoms with Gasteiger partial charge < -0.3 is 29.9 Å². The third kappa shape index (κ3) is 6.26. The van der Waals surface area contributed by atoms with Crippen LogP contribution in [0.15, 0.2) is 54.6 Å². The highest BCUT2D eigenvalue weighted by atomic mass is 32.2. The maximum atomic E-state index is 14.0. The lowest BCUT2D eigenvalue weighted by Crippen LogP contribution is -2.32. The van der Waals surface area contributed by atoms with E-state index in [9.17, 15) is 4.39 Å². The van der Waals surface area contributed by atoms with Crippen LogP contribution in [-0.2, 0) is 6.61 Å². The molecule has 206 valence electrons. The van der Waals surface area contributed by atoms with Crippen molar-refractivity contribution in [2.75, 3.05) is 12.4 Å². The number of ether oxygens (including phenoxy) is 2. The van der Waals surface area contributed by atoms with Crippen molar-refractivity contribution in [1.29, 1.82) is 0 Å². The summed E-state index contributed by atoms with van der Waals surface area (Å²) in [5.41, 5.74) is 7.04. The highest BCUT2D eigenvalue weighted by molar-refractivity contribution is 7.95. The molecule has 0 bridgehead atoms. The van der Waals surface area contributed by atoms with Crippen LogP contribution < -0.4 is 19.0 Å². The van der Waals surface area contributed by atoms with E-state index in [2.05, 4.69) is 44.3 Å². The summed E-state index contributed by atoms with van der Waals surface area (Å²) in [5.74, 6) is 1.74. The summed E-state index contributed by atoms with van der Waals surface area (Å²) in [6, 6.07) is 14.8. The molecule has 38 heavy (non-hydrogen) atoms. The molecular weight excluding hydrogens is 505 g/mol. The van der Waals surface area contributed by atoms with Crippen LogP contribution in [0.4, 0.5) is 10.1 Å². The molecule has 5 rings (SSSR count). The third-order valence-corrected chi connectivity index (χ3v) is 7.56. The second kappa shape index (κ2) is 11.7. The van der Waals surface area contributed by atoms with Gasteiger partial charge in [-0.1, -0.05) is 18.2 Å². The van der Waals surface area contributed by atoms with Gasteiger partial charge in [-0.2, -0.15) is 0 Å². The lowest BCUT2D eigenvalue weighted by atomic mass is 9.85. The van der Waals surface area contributed by atoms with E-state index in [-0.39, 0.29) is 30.3 Å². The van der Waals surface area contributed by atoms with E-state index in [4.69, 9.17) is 13.7 Å². The van der Waals surface area contributed by atoms with Crippen LogP contribution in [0.2, 0.25) is 0 Å². The molecule has 0 spiro atoms. The van der Waals surface area contributed by atoms with Crippen LogP contribution in [0.5, 0.6) is 17.2 Å². The Morgan fingerprint density at radius 2 is 1.74 bits per heavy atom. The Labute approximate surface area is 229 Å². The van der Waals surface area contributed by atoms with Gasteiger partial charge in [0.1, 0.15) is 29.7 Å². The summed E-state index contributed by atoms with van der Waals surface area (Å²) >= 11 is 1.52. The molecule has 8 heteroatoms. The van der Waals surface area contributed by atoms with E-state index < -0.39 is 0 Å². The number of hydrogen-bond donors (Lipinski definition) is 1. The Balaban J connectivity index is 0.00000178. The molecule has 3 aromatic carbocycles. The van der Waals surface area contributed by atoms with Gasteiger partial charge in [-0.25, -0.2) is 4.39 Å². The second-order valence-electron chi connectivity index (χ2n) is 10.1. The molecule has 5 N–H and O–H groups in total. The Kier molecular flexibility index (Phi) is 9.02. The van der Waals surface area contributed by atoms with Crippen molar-refractivity contribution in [2.24, 2.45) is 0 Å². The average Bonchev–Trinajstić information content (AvgIpc) is 3.67. The highest BCUT2D eigenvalue weighted by Crippen LogP contribution is 2.44. The third-order valence-electron chi connectivity index (χ3n) is 6.53. The molecule has 0 radical (unpaired) electrons. The molecule has 1 aliphatic heterocycles. The number of halogens is 1. The smallest absolute Gasteiger partial charge is 0.141 e. The predicted molar refractivity (Wildman–Crippen MR) is 156 cm³/mol. The Bertz CT molecular complexity index is 1340. The number of benzene rings is 3. The monoisotopic (exact) mass is 543 g/mol. The normalized spacial score (nSPS) is 15.2. The number of nitrogens with one attached hydrogen (secondary N) is 1. The van der Waals surface area contributed by atoms with Gasteiger partial charge in [-0.15, -0.1) is 0 Å². The summed E-state index contributed by atoms with van der Waals surface area (Å²) < 4.78 is 31.9. The van der Waals surface area contributed by atoms with Crippen LogP contribution in [0, 0.1) is 12.7 Å².